The molecule has 0 aliphatic rings. The topological polar surface area (TPSA) is 55.1 Å². The minimum Gasteiger partial charge on any atom is -0.423 e. The smallest absolute Gasteiger partial charge is 0.235 e. The van der Waals surface area contributed by atoms with Gasteiger partial charge in [0.25, 0.3) is 0 Å². The number of nitrogens with zero attached hydrogens (tertiary/aromatic N) is 4. The molecule has 0 unspecified atom stereocenters. The van der Waals surface area contributed by atoms with E-state index < -0.39 is 0 Å². The lowest BCUT2D eigenvalue weighted by Gasteiger charge is -2.22. The Morgan fingerprint density at radius 1 is 1.14 bits per heavy atom. The first-order chi connectivity index (χ1) is 10.7. The van der Waals surface area contributed by atoms with Crippen molar-refractivity contribution >= 4 is 17.0 Å². The van der Waals surface area contributed by atoms with E-state index in [4.69, 9.17) is 4.42 Å². The van der Waals surface area contributed by atoms with E-state index in [9.17, 15) is 0 Å². The lowest BCUT2D eigenvalue weighted by molar-refractivity contribution is 0.428. The first-order valence-electron chi connectivity index (χ1n) is 7.21. The molecule has 6 heteroatoms. The molecule has 0 amide bonds. The molecule has 0 radical (unpaired) electrons. The van der Waals surface area contributed by atoms with Crippen LogP contribution in [0.15, 0.2) is 45.6 Å². The maximum absolute atomic E-state index is 5.73. The summed E-state index contributed by atoms with van der Waals surface area (Å²) in [6.07, 6.45) is 0. The molecule has 5 nitrogen and oxygen atoms in total. The van der Waals surface area contributed by atoms with E-state index in [0.717, 1.165) is 11.4 Å². The summed E-state index contributed by atoms with van der Waals surface area (Å²) < 4.78 is 5.73. The van der Waals surface area contributed by atoms with Gasteiger partial charge in [-0.1, -0.05) is 32.0 Å². The quantitative estimate of drug-likeness (QED) is 0.691. The number of benzene rings is 1. The molecule has 0 N–H and O–H groups in total. The Bertz CT molecular complexity index is 694. The summed E-state index contributed by atoms with van der Waals surface area (Å²) in [5.41, 5.74) is 4.00. The van der Waals surface area contributed by atoms with Crippen LogP contribution in [0.2, 0.25) is 0 Å². The molecule has 0 saturated heterocycles. The van der Waals surface area contributed by atoms with Crippen LogP contribution in [0.4, 0.5) is 5.69 Å². The number of thiazole rings is 1. The number of para-hydroxylation sites is 1. The van der Waals surface area contributed by atoms with Crippen molar-refractivity contribution in [1.82, 2.24) is 15.2 Å². The highest BCUT2D eigenvalue weighted by atomic mass is 32.1. The first kappa shape index (κ1) is 14.7. The molecule has 1 aromatic carbocycles. The lowest BCUT2D eigenvalue weighted by Crippen LogP contribution is -2.22. The predicted molar refractivity (Wildman–Crippen MR) is 86.8 cm³/mol. The molecule has 3 aromatic rings. The van der Waals surface area contributed by atoms with Crippen molar-refractivity contribution in [3.05, 3.63) is 58.7 Å². The zero-order valence-electron chi connectivity index (χ0n) is 12.6. The van der Waals surface area contributed by atoms with Crippen LogP contribution in [-0.2, 0) is 13.1 Å². The van der Waals surface area contributed by atoms with Crippen molar-refractivity contribution in [3.8, 4) is 0 Å². The van der Waals surface area contributed by atoms with Crippen molar-refractivity contribution in [2.75, 3.05) is 4.90 Å². The summed E-state index contributed by atoms with van der Waals surface area (Å²) in [6, 6.07) is 10.2. The van der Waals surface area contributed by atoms with Gasteiger partial charge >= 0.3 is 0 Å². The monoisotopic (exact) mass is 314 g/mol. The maximum atomic E-state index is 5.73. The molecule has 0 fully saturated rings. The summed E-state index contributed by atoms with van der Waals surface area (Å²) >= 11 is 1.60. The summed E-state index contributed by atoms with van der Waals surface area (Å²) in [5, 5.41) is 10.3. The highest BCUT2D eigenvalue weighted by molar-refractivity contribution is 7.07. The van der Waals surface area contributed by atoms with Gasteiger partial charge in [-0.3, -0.25) is 0 Å². The van der Waals surface area contributed by atoms with Crippen LogP contribution in [0.1, 0.15) is 37.2 Å². The SMILES string of the molecule is CC(C)c1nnc(CN(Cc2cscn2)c2ccccc2)o1. The molecule has 114 valence electrons. The van der Waals surface area contributed by atoms with Gasteiger partial charge in [0.05, 0.1) is 24.3 Å². The molecular formula is C16H18N4OS. The van der Waals surface area contributed by atoms with Crippen molar-refractivity contribution in [2.45, 2.75) is 32.9 Å². The van der Waals surface area contributed by atoms with Crippen molar-refractivity contribution in [2.24, 2.45) is 0 Å². The molecule has 22 heavy (non-hydrogen) atoms. The highest BCUT2D eigenvalue weighted by Crippen LogP contribution is 2.20. The van der Waals surface area contributed by atoms with Gasteiger partial charge in [-0.25, -0.2) is 4.98 Å². The van der Waals surface area contributed by atoms with Gasteiger partial charge in [-0.2, -0.15) is 0 Å². The molecular weight excluding hydrogens is 296 g/mol. The van der Waals surface area contributed by atoms with Gasteiger partial charge < -0.3 is 9.32 Å². The molecule has 0 saturated carbocycles. The van der Waals surface area contributed by atoms with Gasteiger partial charge in [0.15, 0.2) is 0 Å². The first-order valence-corrected chi connectivity index (χ1v) is 8.16. The number of anilines is 1. The zero-order chi connectivity index (χ0) is 15.4. The van der Waals surface area contributed by atoms with E-state index in [2.05, 4.69) is 37.6 Å². The normalized spacial score (nSPS) is 11.0. The van der Waals surface area contributed by atoms with E-state index in [1.165, 1.54) is 0 Å². The number of hydrogen-bond donors (Lipinski definition) is 0. The van der Waals surface area contributed by atoms with Gasteiger partial charge in [0, 0.05) is 17.0 Å². The predicted octanol–water partition coefficient (Wildman–Crippen LogP) is 3.86. The van der Waals surface area contributed by atoms with E-state index in [1.807, 2.05) is 37.6 Å². The molecule has 0 aliphatic carbocycles. The summed E-state index contributed by atoms with van der Waals surface area (Å²) in [5.74, 6) is 1.55. The third-order valence-corrected chi connectivity index (χ3v) is 3.90. The Hall–Kier alpha value is -2.21. The fourth-order valence-corrected chi connectivity index (χ4v) is 2.67. The second-order valence-electron chi connectivity index (χ2n) is 5.36. The second-order valence-corrected chi connectivity index (χ2v) is 6.08. The third-order valence-electron chi connectivity index (χ3n) is 3.26. The Morgan fingerprint density at radius 2 is 1.95 bits per heavy atom. The van der Waals surface area contributed by atoms with Crippen LogP contribution in [0.3, 0.4) is 0 Å². The van der Waals surface area contributed by atoms with Gasteiger partial charge in [0.1, 0.15) is 0 Å². The molecule has 0 bridgehead atoms. The summed E-state index contributed by atoms with van der Waals surface area (Å²) in [4.78, 5) is 6.55. The van der Waals surface area contributed by atoms with Gasteiger partial charge in [-0.05, 0) is 12.1 Å². The van der Waals surface area contributed by atoms with Gasteiger partial charge in [-0.15, -0.1) is 21.5 Å². The van der Waals surface area contributed by atoms with Crippen LogP contribution in [0.25, 0.3) is 0 Å². The molecule has 0 atom stereocenters. The van der Waals surface area contributed by atoms with Crippen molar-refractivity contribution in [3.63, 3.8) is 0 Å². The fourth-order valence-electron chi connectivity index (χ4n) is 2.12. The molecule has 2 aromatic heterocycles. The number of rotatable bonds is 6. The number of aromatic nitrogens is 3. The van der Waals surface area contributed by atoms with Crippen LogP contribution in [-0.4, -0.2) is 15.2 Å². The van der Waals surface area contributed by atoms with Crippen molar-refractivity contribution in [1.29, 1.82) is 0 Å². The third kappa shape index (κ3) is 3.51. The average Bonchev–Trinajstić information content (AvgIpc) is 3.19. The minimum absolute atomic E-state index is 0.241. The van der Waals surface area contributed by atoms with Gasteiger partial charge in [0.2, 0.25) is 11.8 Å². The highest BCUT2D eigenvalue weighted by Gasteiger charge is 2.15. The largest absolute Gasteiger partial charge is 0.423 e. The minimum atomic E-state index is 0.241. The molecule has 0 aliphatic heterocycles. The van der Waals surface area contributed by atoms with E-state index >= 15 is 0 Å². The maximum Gasteiger partial charge on any atom is 0.235 e. The summed E-state index contributed by atoms with van der Waals surface area (Å²) in [6.45, 7) is 5.37. The Kier molecular flexibility index (Phi) is 4.48. The van der Waals surface area contributed by atoms with Crippen LogP contribution >= 0.6 is 11.3 Å². The number of hydrogen-bond acceptors (Lipinski definition) is 6. The zero-order valence-corrected chi connectivity index (χ0v) is 13.5. The standard InChI is InChI=1S/C16H18N4OS/c1-12(2)16-19-18-15(21-16)9-20(8-13-10-22-11-17-13)14-6-4-3-5-7-14/h3-7,10-12H,8-9H2,1-2H3. The Morgan fingerprint density at radius 3 is 2.59 bits per heavy atom. The fraction of sp³-hybridized carbons (Fsp3) is 0.312. The van der Waals surface area contributed by atoms with E-state index in [0.29, 0.717) is 24.9 Å². The van der Waals surface area contributed by atoms with E-state index in [-0.39, 0.29) is 5.92 Å². The molecule has 3 rings (SSSR count). The summed E-state index contributed by atoms with van der Waals surface area (Å²) in [7, 11) is 0. The Labute approximate surface area is 133 Å². The van der Waals surface area contributed by atoms with Crippen molar-refractivity contribution < 1.29 is 4.42 Å². The molecule has 2 heterocycles. The second kappa shape index (κ2) is 6.70. The Balaban J connectivity index is 1.81. The van der Waals surface area contributed by atoms with Crippen LogP contribution < -0.4 is 4.90 Å². The van der Waals surface area contributed by atoms with Crippen LogP contribution in [0.5, 0.6) is 0 Å². The molecule has 0 spiro atoms. The lowest BCUT2D eigenvalue weighted by atomic mass is 10.2. The van der Waals surface area contributed by atoms with Crippen LogP contribution in [0, 0.1) is 0 Å². The van der Waals surface area contributed by atoms with E-state index in [1.54, 1.807) is 11.3 Å². The average molecular weight is 314 g/mol.